The number of rotatable bonds is 3. The van der Waals surface area contributed by atoms with Crippen molar-refractivity contribution in [3.8, 4) is 0 Å². The number of amides is 1. The summed E-state index contributed by atoms with van der Waals surface area (Å²) in [5, 5.41) is 8.84. The number of anilines is 1. The van der Waals surface area contributed by atoms with Gasteiger partial charge in [0.05, 0.1) is 12.0 Å². The smallest absolute Gasteiger partial charge is 0.322 e. The highest BCUT2D eigenvalue weighted by Gasteiger charge is 2.44. The van der Waals surface area contributed by atoms with E-state index >= 15 is 0 Å². The summed E-state index contributed by atoms with van der Waals surface area (Å²) in [6.45, 7) is 3.66. The molecule has 1 aliphatic heterocycles. The Morgan fingerprint density at radius 1 is 1.44 bits per heavy atom. The molecule has 0 saturated heterocycles. The Morgan fingerprint density at radius 3 is 2.67 bits per heavy atom. The zero-order valence-electron chi connectivity index (χ0n) is 10.4. The van der Waals surface area contributed by atoms with Gasteiger partial charge < -0.3 is 15.7 Å². The van der Waals surface area contributed by atoms with E-state index in [9.17, 15) is 9.59 Å². The van der Waals surface area contributed by atoms with Crippen molar-refractivity contribution in [1.29, 1.82) is 0 Å². The maximum absolute atomic E-state index is 12.3. The number of aliphatic carboxylic acids is 1. The number of carboxylic acids is 1. The second kappa shape index (κ2) is 4.10. The van der Waals surface area contributed by atoms with Gasteiger partial charge in [-0.15, -0.1) is 0 Å². The van der Waals surface area contributed by atoms with Gasteiger partial charge in [-0.2, -0.15) is 0 Å². The van der Waals surface area contributed by atoms with Gasteiger partial charge in [0.15, 0.2) is 0 Å². The van der Waals surface area contributed by atoms with E-state index in [-0.39, 0.29) is 12.5 Å². The molecule has 1 heterocycles. The van der Waals surface area contributed by atoms with Gasteiger partial charge in [-0.25, -0.2) is 0 Å². The van der Waals surface area contributed by atoms with Gasteiger partial charge in [0.25, 0.3) is 0 Å². The highest BCUT2D eigenvalue weighted by atomic mass is 16.4. The lowest BCUT2D eigenvalue weighted by molar-refractivity contribution is -0.138. The number of hydrogen-bond acceptors (Lipinski definition) is 3. The molecule has 1 atom stereocenters. The summed E-state index contributed by atoms with van der Waals surface area (Å²) >= 11 is 0. The summed E-state index contributed by atoms with van der Waals surface area (Å²) in [4.78, 5) is 24.6. The molecule has 0 aromatic heterocycles. The van der Waals surface area contributed by atoms with Crippen molar-refractivity contribution in [2.45, 2.75) is 25.3 Å². The first-order valence-electron chi connectivity index (χ1n) is 5.75. The molecular formula is C13H16N2O3. The number of carbonyl (C=O) groups excluding carboxylic acids is 1. The van der Waals surface area contributed by atoms with Crippen molar-refractivity contribution in [3.63, 3.8) is 0 Å². The predicted molar refractivity (Wildman–Crippen MR) is 67.4 cm³/mol. The molecule has 1 amide bonds. The molecular weight excluding hydrogens is 232 g/mol. The largest absolute Gasteiger partial charge is 0.480 e. The first-order valence-corrected chi connectivity index (χ1v) is 5.75. The van der Waals surface area contributed by atoms with Crippen LogP contribution in [-0.4, -0.2) is 29.6 Å². The van der Waals surface area contributed by atoms with Crippen LogP contribution >= 0.6 is 0 Å². The standard InChI is InChI=1S/C13H16N2O3/c1-13(2)8-5-3-4-6-10(8)15(12(13)18)7-9(14)11(16)17/h3-6,9H,7,14H2,1-2H3,(H,16,17). The fourth-order valence-corrected chi connectivity index (χ4v) is 2.26. The predicted octanol–water partition coefficient (Wildman–Crippen LogP) is 0.723. The molecule has 0 saturated carbocycles. The molecule has 5 nitrogen and oxygen atoms in total. The average Bonchev–Trinajstić information content (AvgIpc) is 2.51. The minimum Gasteiger partial charge on any atom is -0.480 e. The molecule has 0 fully saturated rings. The fourth-order valence-electron chi connectivity index (χ4n) is 2.26. The summed E-state index contributed by atoms with van der Waals surface area (Å²) < 4.78 is 0. The summed E-state index contributed by atoms with van der Waals surface area (Å²) in [6.07, 6.45) is 0. The zero-order valence-corrected chi connectivity index (χ0v) is 10.4. The van der Waals surface area contributed by atoms with E-state index in [2.05, 4.69) is 0 Å². The summed E-state index contributed by atoms with van der Waals surface area (Å²) in [5.41, 5.74) is 6.54. The van der Waals surface area contributed by atoms with Gasteiger partial charge in [-0.1, -0.05) is 18.2 Å². The monoisotopic (exact) mass is 248 g/mol. The number of hydrogen-bond donors (Lipinski definition) is 2. The highest BCUT2D eigenvalue weighted by molar-refractivity contribution is 6.07. The minimum atomic E-state index is -1.11. The van der Waals surface area contributed by atoms with Crippen molar-refractivity contribution >= 4 is 17.6 Å². The first-order chi connectivity index (χ1) is 8.35. The first kappa shape index (κ1) is 12.6. The number of carbonyl (C=O) groups is 2. The number of carboxylic acid groups (broad SMARTS) is 1. The van der Waals surface area contributed by atoms with Gasteiger partial charge in [0, 0.05) is 5.69 Å². The molecule has 0 aliphatic carbocycles. The third kappa shape index (κ3) is 1.76. The third-order valence-electron chi connectivity index (χ3n) is 3.34. The quantitative estimate of drug-likeness (QED) is 0.825. The van der Waals surface area contributed by atoms with Crippen molar-refractivity contribution in [2.75, 3.05) is 11.4 Å². The van der Waals surface area contributed by atoms with Crippen molar-refractivity contribution < 1.29 is 14.7 Å². The molecule has 1 aliphatic rings. The van der Waals surface area contributed by atoms with Crippen LogP contribution in [0.2, 0.25) is 0 Å². The summed E-state index contributed by atoms with van der Waals surface area (Å²) in [6, 6.07) is 6.33. The SMILES string of the molecule is CC1(C)C(=O)N(CC(N)C(=O)O)c2ccccc21. The Hall–Kier alpha value is -1.88. The van der Waals surface area contributed by atoms with Crippen LogP contribution in [0.4, 0.5) is 5.69 Å². The average molecular weight is 248 g/mol. The Morgan fingerprint density at radius 2 is 2.06 bits per heavy atom. The molecule has 2 rings (SSSR count). The van der Waals surface area contributed by atoms with E-state index < -0.39 is 17.4 Å². The number of nitrogens with two attached hydrogens (primary N) is 1. The molecule has 1 aromatic rings. The van der Waals surface area contributed by atoms with Gasteiger partial charge in [0.1, 0.15) is 6.04 Å². The number of para-hydroxylation sites is 1. The Balaban J connectivity index is 2.39. The molecule has 5 heteroatoms. The van der Waals surface area contributed by atoms with Gasteiger partial charge in [-0.3, -0.25) is 9.59 Å². The van der Waals surface area contributed by atoms with Gasteiger partial charge >= 0.3 is 5.97 Å². The van der Waals surface area contributed by atoms with Crippen LogP contribution in [0.5, 0.6) is 0 Å². The summed E-state index contributed by atoms with van der Waals surface area (Å²) in [5.74, 6) is -1.22. The van der Waals surface area contributed by atoms with Crippen LogP contribution < -0.4 is 10.6 Å². The van der Waals surface area contributed by atoms with E-state index in [1.165, 1.54) is 4.90 Å². The van der Waals surface area contributed by atoms with Crippen LogP contribution in [0.15, 0.2) is 24.3 Å². The molecule has 1 unspecified atom stereocenters. The molecule has 0 bridgehead atoms. The lowest BCUT2D eigenvalue weighted by Crippen LogP contribution is -2.46. The minimum absolute atomic E-state index is 0.00535. The summed E-state index contributed by atoms with van der Waals surface area (Å²) in [7, 11) is 0. The van der Waals surface area contributed by atoms with Crippen LogP contribution in [0.1, 0.15) is 19.4 Å². The van der Waals surface area contributed by atoms with Crippen molar-refractivity contribution in [1.82, 2.24) is 0 Å². The third-order valence-corrected chi connectivity index (χ3v) is 3.34. The molecule has 3 N–H and O–H groups in total. The molecule has 96 valence electrons. The van der Waals surface area contributed by atoms with Crippen LogP contribution in [0.3, 0.4) is 0 Å². The van der Waals surface area contributed by atoms with E-state index in [0.29, 0.717) is 0 Å². The number of fused-ring (bicyclic) bond motifs is 1. The van der Waals surface area contributed by atoms with Crippen molar-refractivity contribution in [2.24, 2.45) is 5.73 Å². The van der Waals surface area contributed by atoms with E-state index in [1.807, 2.05) is 38.1 Å². The van der Waals surface area contributed by atoms with E-state index in [4.69, 9.17) is 10.8 Å². The maximum atomic E-state index is 12.3. The lowest BCUT2D eigenvalue weighted by Gasteiger charge is -2.22. The van der Waals surface area contributed by atoms with Gasteiger partial charge in [0.2, 0.25) is 5.91 Å². The second-order valence-corrected chi connectivity index (χ2v) is 5.00. The topological polar surface area (TPSA) is 83.6 Å². The van der Waals surface area contributed by atoms with Crippen LogP contribution in [0, 0.1) is 0 Å². The Labute approximate surface area is 105 Å². The van der Waals surface area contributed by atoms with Gasteiger partial charge in [-0.05, 0) is 25.5 Å². The number of nitrogens with zero attached hydrogens (tertiary/aromatic N) is 1. The van der Waals surface area contributed by atoms with E-state index in [0.717, 1.165) is 11.3 Å². The molecule has 18 heavy (non-hydrogen) atoms. The zero-order chi connectivity index (χ0) is 13.5. The Kier molecular flexibility index (Phi) is 2.86. The number of benzene rings is 1. The molecule has 0 radical (unpaired) electrons. The fraction of sp³-hybridized carbons (Fsp3) is 0.385. The van der Waals surface area contributed by atoms with E-state index in [1.54, 1.807) is 0 Å². The highest BCUT2D eigenvalue weighted by Crippen LogP contribution is 2.41. The van der Waals surface area contributed by atoms with Crippen LogP contribution in [0.25, 0.3) is 0 Å². The van der Waals surface area contributed by atoms with Crippen LogP contribution in [-0.2, 0) is 15.0 Å². The van der Waals surface area contributed by atoms with Crippen molar-refractivity contribution in [3.05, 3.63) is 29.8 Å². The molecule has 0 spiro atoms. The second-order valence-electron chi connectivity index (χ2n) is 5.00. The normalized spacial score (nSPS) is 18.6. The maximum Gasteiger partial charge on any atom is 0.322 e. The Bertz CT molecular complexity index is 511. The molecule has 1 aromatic carbocycles. The lowest BCUT2D eigenvalue weighted by atomic mass is 9.86.